The lowest BCUT2D eigenvalue weighted by molar-refractivity contribution is -0.109. The SMILES string of the molecule is CCC(C=O)c1ccccc1Oc1ccc(Cl)cc1. The molecule has 0 aliphatic carbocycles. The lowest BCUT2D eigenvalue weighted by atomic mass is 9.97. The maximum atomic E-state index is 11.1. The number of hydrogen-bond acceptors (Lipinski definition) is 2. The van der Waals surface area contributed by atoms with Crippen LogP contribution in [0.4, 0.5) is 0 Å². The summed E-state index contributed by atoms with van der Waals surface area (Å²) in [5.41, 5.74) is 0.912. The molecule has 2 aromatic carbocycles. The molecule has 0 radical (unpaired) electrons. The van der Waals surface area contributed by atoms with E-state index in [0.29, 0.717) is 16.5 Å². The minimum absolute atomic E-state index is 0.136. The molecule has 0 aliphatic heterocycles. The van der Waals surface area contributed by atoms with Gasteiger partial charge in [-0.3, -0.25) is 0 Å². The summed E-state index contributed by atoms with van der Waals surface area (Å²) in [6.07, 6.45) is 1.72. The van der Waals surface area contributed by atoms with Gasteiger partial charge in [-0.05, 0) is 36.8 Å². The van der Waals surface area contributed by atoms with Crippen molar-refractivity contribution in [2.45, 2.75) is 19.3 Å². The van der Waals surface area contributed by atoms with E-state index in [0.717, 1.165) is 18.3 Å². The molecule has 2 rings (SSSR count). The molecule has 0 aliphatic rings. The Morgan fingerprint density at radius 2 is 1.84 bits per heavy atom. The van der Waals surface area contributed by atoms with Crippen LogP contribution in [0.2, 0.25) is 5.02 Å². The number of rotatable bonds is 5. The van der Waals surface area contributed by atoms with E-state index in [9.17, 15) is 4.79 Å². The standard InChI is InChI=1S/C16H15ClO2/c1-2-12(11-18)15-5-3-4-6-16(15)19-14-9-7-13(17)8-10-14/h3-12H,2H2,1H3. The number of para-hydroxylation sites is 1. The quantitative estimate of drug-likeness (QED) is 0.730. The molecule has 0 heterocycles. The molecular formula is C16H15ClO2. The van der Waals surface area contributed by atoms with Crippen LogP contribution >= 0.6 is 11.6 Å². The van der Waals surface area contributed by atoms with Crippen LogP contribution in [0.15, 0.2) is 48.5 Å². The maximum absolute atomic E-state index is 11.1. The van der Waals surface area contributed by atoms with E-state index in [1.54, 1.807) is 24.3 Å². The Labute approximate surface area is 118 Å². The highest BCUT2D eigenvalue weighted by molar-refractivity contribution is 6.30. The van der Waals surface area contributed by atoms with Crippen LogP contribution in [0, 0.1) is 0 Å². The van der Waals surface area contributed by atoms with E-state index in [1.807, 2.05) is 31.2 Å². The minimum Gasteiger partial charge on any atom is -0.457 e. The normalized spacial score (nSPS) is 11.9. The molecule has 0 N–H and O–H groups in total. The highest BCUT2D eigenvalue weighted by atomic mass is 35.5. The summed E-state index contributed by atoms with van der Waals surface area (Å²) in [7, 11) is 0. The largest absolute Gasteiger partial charge is 0.457 e. The first-order valence-corrected chi connectivity index (χ1v) is 6.60. The van der Waals surface area contributed by atoms with E-state index >= 15 is 0 Å². The maximum Gasteiger partial charge on any atom is 0.131 e. The summed E-state index contributed by atoms with van der Waals surface area (Å²) >= 11 is 5.84. The van der Waals surface area contributed by atoms with Gasteiger partial charge in [-0.25, -0.2) is 0 Å². The Hall–Kier alpha value is -1.80. The highest BCUT2D eigenvalue weighted by Crippen LogP contribution is 2.31. The molecule has 0 saturated carbocycles. The van der Waals surface area contributed by atoms with Gasteiger partial charge in [0.25, 0.3) is 0 Å². The van der Waals surface area contributed by atoms with Gasteiger partial charge in [-0.15, -0.1) is 0 Å². The molecule has 0 saturated heterocycles. The number of carbonyl (C=O) groups excluding carboxylic acids is 1. The molecule has 0 bridgehead atoms. The number of halogens is 1. The Morgan fingerprint density at radius 1 is 1.16 bits per heavy atom. The predicted octanol–water partition coefficient (Wildman–Crippen LogP) is 4.82. The first-order chi connectivity index (χ1) is 9.24. The Morgan fingerprint density at radius 3 is 2.47 bits per heavy atom. The zero-order chi connectivity index (χ0) is 13.7. The van der Waals surface area contributed by atoms with Crippen LogP contribution in [-0.4, -0.2) is 6.29 Å². The summed E-state index contributed by atoms with van der Waals surface area (Å²) < 4.78 is 5.83. The van der Waals surface area contributed by atoms with Gasteiger partial charge in [0.1, 0.15) is 17.8 Å². The molecular weight excluding hydrogens is 260 g/mol. The predicted molar refractivity (Wildman–Crippen MR) is 77.1 cm³/mol. The van der Waals surface area contributed by atoms with Crippen LogP contribution in [0.3, 0.4) is 0 Å². The summed E-state index contributed by atoms with van der Waals surface area (Å²) in [6.45, 7) is 1.98. The van der Waals surface area contributed by atoms with Crippen molar-refractivity contribution >= 4 is 17.9 Å². The monoisotopic (exact) mass is 274 g/mol. The lowest BCUT2D eigenvalue weighted by Crippen LogP contribution is -2.01. The molecule has 2 aromatic rings. The topological polar surface area (TPSA) is 26.3 Å². The van der Waals surface area contributed by atoms with E-state index in [-0.39, 0.29) is 5.92 Å². The van der Waals surface area contributed by atoms with Crippen molar-refractivity contribution in [2.75, 3.05) is 0 Å². The fourth-order valence-electron chi connectivity index (χ4n) is 1.90. The van der Waals surface area contributed by atoms with Crippen LogP contribution in [0.25, 0.3) is 0 Å². The third-order valence-corrected chi connectivity index (χ3v) is 3.22. The van der Waals surface area contributed by atoms with Crippen molar-refractivity contribution in [1.29, 1.82) is 0 Å². The number of ether oxygens (including phenoxy) is 1. The molecule has 2 nitrogen and oxygen atoms in total. The van der Waals surface area contributed by atoms with Crippen molar-refractivity contribution in [3.8, 4) is 11.5 Å². The zero-order valence-electron chi connectivity index (χ0n) is 10.7. The Bertz CT molecular complexity index is 549. The Kier molecular flexibility index (Phi) is 4.58. The highest BCUT2D eigenvalue weighted by Gasteiger charge is 2.13. The van der Waals surface area contributed by atoms with Crippen LogP contribution in [-0.2, 0) is 4.79 Å². The van der Waals surface area contributed by atoms with Crippen LogP contribution in [0.1, 0.15) is 24.8 Å². The molecule has 0 aromatic heterocycles. The second kappa shape index (κ2) is 6.39. The molecule has 3 heteroatoms. The Balaban J connectivity index is 2.29. The van der Waals surface area contributed by atoms with Gasteiger partial charge in [0.2, 0.25) is 0 Å². The van der Waals surface area contributed by atoms with E-state index in [2.05, 4.69) is 0 Å². The number of hydrogen-bond donors (Lipinski definition) is 0. The third-order valence-electron chi connectivity index (χ3n) is 2.96. The smallest absolute Gasteiger partial charge is 0.131 e. The average molecular weight is 275 g/mol. The van der Waals surface area contributed by atoms with Gasteiger partial charge in [0.05, 0.1) is 0 Å². The molecule has 19 heavy (non-hydrogen) atoms. The lowest BCUT2D eigenvalue weighted by Gasteiger charge is -2.14. The number of benzene rings is 2. The van der Waals surface area contributed by atoms with E-state index in [4.69, 9.17) is 16.3 Å². The van der Waals surface area contributed by atoms with Gasteiger partial charge in [0.15, 0.2) is 0 Å². The summed E-state index contributed by atoms with van der Waals surface area (Å²) in [4.78, 5) is 11.1. The number of aldehydes is 1. The first-order valence-electron chi connectivity index (χ1n) is 6.22. The van der Waals surface area contributed by atoms with Gasteiger partial charge in [-0.2, -0.15) is 0 Å². The summed E-state index contributed by atoms with van der Waals surface area (Å²) in [5, 5.41) is 0.667. The molecule has 0 spiro atoms. The number of carbonyl (C=O) groups is 1. The van der Waals surface area contributed by atoms with Crippen LogP contribution < -0.4 is 4.74 Å². The van der Waals surface area contributed by atoms with E-state index < -0.39 is 0 Å². The van der Waals surface area contributed by atoms with Gasteiger partial charge < -0.3 is 9.53 Å². The summed E-state index contributed by atoms with van der Waals surface area (Å²) in [6, 6.07) is 14.8. The molecule has 0 amide bonds. The second-order valence-electron chi connectivity index (χ2n) is 4.24. The molecule has 1 atom stereocenters. The molecule has 1 unspecified atom stereocenters. The zero-order valence-corrected chi connectivity index (χ0v) is 11.4. The fraction of sp³-hybridized carbons (Fsp3) is 0.188. The summed E-state index contributed by atoms with van der Waals surface area (Å²) in [5.74, 6) is 1.28. The average Bonchev–Trinajstić information content (AvgIpc) is 2.44. The molecule has 0 fully saturated rings. The second-order valence-corrected chi connectivity index (χ2v) is 4.68. The van der Waals surface area contributed by atoms with Crippen molar-refractivity contribution in [1.82, 2.24) is 0 Å². The van der Waals surface area contributed by atoms with Crippen molar-refractivity contribution in [3.05, 3.63) is 59.1 Å². The first kappa shape index (κ1) is 13.6. The van der Waals surface area contributed by atoms with Crippen molar-refractivity contribution in [2.24, 2.45) is 0 Å². The van der Waals surface area contributed by atoms with Gasteiger partial charge in [0, 0.05) is 16.5 Å². The van der Waals surface area contributed by atoms with Crippen molar-refractivity contribution in [3.63, 3.8) is 0 Å². The van der Waals surface area contributed by atoms with E-state index in [1.165, 1.54) is 0 Å². The molecule has 98 valence electrons. The van der Waals surface area contributed by atoms with Crippen LogP contribution in [0.5, 0.6) is 11.5 Å². The minimum atomic E-state index is -0.136. The fourth-order valence-corrected chi connectivity index (χ4v) is 2.02. The van der Waals surface area contributed by atoms with Gasteiger partial charge in [-0.1, -0.05) is 36.7 Å². The van der Waals surface area contributed by atoms with Gasteiger partial charge >= 0.3 is 0 Å². The third kappa shape index (κ3) is 3.36. The van der Waals surface area contributed by atoms with Crippen molar-refractivity contribution < 1.29 is 9.53 Å².